The fraction of sp³-hybridized carbons (Fsp3) is 0.250. The number of allylic oxidation sites excluding steroid dienone is 1. The van der Waals surface area contributed by atoms with Gasteiger partial charge in [0.25, 0.3) is 5.89 Å². The van der Waals surface area contributed by atoms with Crippen molar-refractivity contribution in [2.24, 2.45) is 4.99 Å². The first kappa shape index (κ1) is 14.8. The molecule has 0 N–H and O–H groups in total. The van der Waals surface area contributed by atoms with Crippen LogP contribution in [0, 0.1) is 0 Å². The van der Waals surface area contributed by atoms with Crippen molar-refractivity contribution in [1.82, 2.24) is 20.1 Å². The van der Waals surface area contributed by atoms with Gasteiger partial charge in [-0.2, -0.15) is 4.98 Å². The zero-order chi connectivity index (χ0) is 18.0. The molecule has 1 aromatic carbocycles. The van der Waals surface area contributed by atoms with Crippen LogP contribution < -0.4 is 4.90 Å². The summed E-state index contributed by atoms with van der Waals surface area (Å²) in [6, 6.07) is 6.11. The quantitative estimate of drug-likeness (QED) is 0.697. The summed E-state index contributed by atoms with van der Waals surface area (Å²) in [5.41, 5.74) is 6.87. The van der Waals surface area contributed by atoms with Gasteiger partial charge in [0.05, 0.1) is 28.4 Å². The molecule has 0 unspecified atom stereocenters. The van der Waals surface area contributed by atoms with Gasteiger partial charge < -0.3 is 9.42 Å². The predicted molar refractivity (Wildman–Crippen MR) is 101 cm³/mol. The number of nitrogens with zero attached hydrogens (tertiary/aromatic N) is 6. The van der Waals surface area contributed by atoms with Gasteiger partial charge >= 0.3 is 0 Å². The van der Waals surface area contributed by atoms with Gasteiger partial charge in [0.1, 0.15) is 13.0 Å². The molecule has 2 aromatic heterocycles. The zero-order valence-electron chi connectivity index (χ0n) is 14.8. The van der Waals surface area contributed by atoms with E-state index in [9.17, 15) is 0 Å². The molecule has 2 aliphatic heterocycles. The van der Waals surface area contributed by atoms with Crippen LogP contribution in [-0.2, 0) is 0 Å². The van der Waals surface area contributed by atoms with Crippen LogP contribution in [0.5, 0.6) is 0 Å². The number of aromatic nitrogens is 4. The molecule has 1 saturated carbocycles. The van der Waals surface area contributed by atoms with Crippen molar-refractivity contribution in [3.63, 3.8) is 0 Å². The Hall–Kier alpha value is -3.35. The van der Waals surface area contributed by atoms with Crippen molar-refractivity contribution in [3.05, 3.63) is 47.8 Å². The third-order valence-corrected chi connectivity index (χ3v) is 5.32. The number of fused-ring (bicyclic) bond motifs is 5. The molecule has 0 spiro atoms. The molecule has 0 bridgehead atoms. The lowest BCUT2D eigenvalue weighted by molar-refractivity contribution is 0.423. The van der Waals surface area contributed by atoms with E-state index in [0.717, 1.165) is 58.1 Å². The molecule has 132 valence electrons. The number of benzene rings is 1. The standard InChI is InChI=1S/C20H16N6O/c1-11-16-7-13-8-21-9-22-17(13)14-3-2-4-15(18(14)26(16)10-23-11)20-24-19(25-27-20)12-5-6-12/h2-4,7-9,12H,5-6,10H2,1H3. The van der Waals surface area contributed by atoms with Crippen molar-refractivity contribution in [3.8, 4) is 22.7 Å². The largest absolute Gasteiger partial charge is 0.334 e. The summed E-state index contributed by atoms with van der Waals surface area (Å²) in [4.78, 5) is 20.3. The summed E-state index contributed by atoms with van der Waals surface area (Å²) >= 11 is 0. The highest BCUT2D eigenvalue weighted by atomic mass is 16.5. The van der Waals surface area contributed by atoms with Crippen molar-refractivity contribution in [2.45, 2.75) is 25.7 Å². The molecule has 7 nitrogen and oxygen atoms in total. The topological polar surface area (TPSA) is 80.3 Å². The number of rotatable bonds is 2. The minimum atomic E-state index is 0.450. The Morgan fingerprint density at radius 1 is 1.19 bits per heavy atom. The first-order valence-corrected chi connectivity index (χ1v) is 9.07. The molecule has 6 rings (SSSR count). The summed E-state index contributed by atoms with van der Waals surface area (Å²) in [5.74, 6) is 1.81. The lowest BCUT2D eigenvalue weighted by Crippen LogP contribution is -2.20. The highest BCUT2D eigenvalue weighted by Gasteiger charge is 2.33. The SMILES string of the molecule is CC1=NCN2C1=Cc1cncnc1-c1cccc(-c3nc(C4CC4)no3)c12. The molecule has 27 heavy (non-hydrogen) atoms. The van der Waals surface area contributed by atoms with Crippen LogP contribution in [-0.4, -0.2) is 32.5 Å². The van der Waals surface area contributed by atoms with E-state index in [4.69, 9.17) is 4.52 Å². The Balaban J connectivity index is 1.62. The molecule has 0 amide bonds. The van der Waals surface area contributed by atoms with Gasteiger partial charge in [-0.05, 0) is 31.9 Å². The van der Waals surface area contributed by atoms with Crippen LogP contribution in [0.25, 0.3) is 28.8 Å². The minimum absolute atomic E-state index is 0.450. The van der Waals surface area contributed by atoms with E-state index in [0.29, 0.717) is 18.5 Å². The fourth-order valence-corrected chi connectivity index (χ4v) is 3.77. The average molecular weight is 356 g/mol. The van der Waals surface area contributed by atoms with Crippen molar-refractivity contribution < 1.29 is 4.52 Å². The lowest BCUT2D eigenvalue weighted by Gasteiger charge is -2.22. The van der Waals surface area contributed by atoms with Crippen LogP contribution in [0.1, 0.15) is 37.1 Å². The average Bonchev–Trinajstić information content (AvgIpc) is 3.36. The summed E-state index contributed by atoms with van der Waals surface area (Å²) in [6.45, 7) is 2.59. The first-order chi connectivity index (χ1) is 13.3. The van der Waals surface area contributed by atoms with Crippen molar-refractivity contribution in [2.75, 3.05) is 11.6 Å². The van der Waals surface area contributed by atoms with Crippen LogP contribution in [0.3, 0.4) is 0 Å². The van der Waals surface area contributed by atoms with Crippen LogP contribution in [0.15, 0.2) is 45.9 Å². The maximum Gasteiger partial charge on any atom is 0.260 e. The molecular formula is C20H16N6O. The van der Waals surface area contributed by atoms with Crippen LogP contribution in [0.4, 0.5) is 5.69 Å². The van der Waals surface area contributed by atoms with E-state index in [1.165, 1.54) is 0 Å². The summed E-state index contributed by atoms with van der Waals surface area (Å²) < 4.78 is 5.64. The number of hydrogen-bond acceptors (Lipinski definition) is 7. The zero-order valence-corrected chi connectivity index (χ0v) is 14.8. The molecule has 7 heteroatoms. The van der Waals surface area contributed by atoms with E-state index in [2.05, 4.69) is 42.1 Å². The highest BCUT2D eigenvalue weighted by Crippen LogP contribution is 2.45. The number of para-hydroxylation sites is 1. The second kappa shape index (κ2) is 5.33. The van der Waals surface area contributed by atoms with Gasteiger partial charge in [0.15, 0.2) is 5.82 Å². The molecule has 3 aliphatic rings. The van der Waals surface area contributed by atoms with E-state index >= 15 is 0 Å². The van der Waals surface area contributed by atoms with Gasteiger partial charge in [0.2, 0.25) is 0 Å². The van der Waals surface area contributed by atoms with E-state index in [1.54, 1.807) is 6.33 Å². The number of aliphatic imine (C=N–C) groups is 1. The monoisotopic (exact) mass is 356 g/mol. The van der Waals surface area contributed by atoms with Gasteiger partial charge in [-0.25, -0.2) is 9.97 Å². The first-order valence-electron chi connectivity index (χ1n) is 9.07. The van der Waals surface area contributed by atoms with Gasteiger partial charge in [-0.1, -0.05) is 17.3 Å². The Morgan fingerprint density at radius 3 is 2.96 bits per heavy atom. The second-order valence-electron chi connectivity index (χ2n) is 7.10. The Labute approximate surface area is 155 Å². The normalized spacial score (nSPS) is 17.6. The molecule has 1 fully saturated rings. The maximum atomic E-state index is 5.64. The Morgan fingerprint density at radius 2 is 2.07 bits per heavy atom. The lowest BCUT2D eigenvalue weighted by atomic mass is 10.0. The molecule has 1 aliphatic carbocycles. The van der Waals surface area contributed by atoms with Crippen LogP contribution >= 0.6 is 0 Å². The molecule has 0 atom stereocenters. The fourth-order valence-electron chi connectivity index (χ4n) is 3.77. The summed E-state index contributed by atoms with van der Waals surface area (Å²) in [6.07, 6.45) is 7.82. The van der Waals surface area contributed by atoms with Crippen LogP contribution in [0.2, 0.25) is 0 Å². The number of hydrogen-bond donors (Lipinski definition) is 0. The van der Waals surface area contributed by atoms with Crippen molar-refractivity contribution in [1.29, 1.82) is 0 Å². The predicted octanol–water partition coefficient (Wildman–Crippen LogP) is 3.66. The second-order valence-corrected chi connectivity index (χ2v) is 7.10. The Bertz CT molecular complexity index is 1140. The molecule has 3 aromatic rings. The van der Waals surface area contributed by atoms with E-state index in [-0.39, 0.29) is 0 Å². The molecular weight excluding hydrogens is 340 g/mol. The van der Waals surface area contributed by atoms with Gasteiger partial charge in [-0.15, -0.1) is 0 Å². The van der Waals surface area contributed by atoms with Gasteiger partial charge in [0, 0.05) is 23.2 Å². The number of anilines is 1. The summed E-state index contributed by atoms with van der Waals surface area (Å²) in [5, 5.41) is 4.20. The van der Waals surface area contributed by atoms with E-state index < -0.39 is 0 Å². The van der Waals surface area contributed by atoms with Crippen molar-refractivity contribution >= 4 is 17.5 Å². The van der Waals surface area contributed by atoms with E-state index in [1.807, 2.05) is 25.3 Å². The Kier molecular flexibility index (Phi) is 2.92. The molecule has 4 heterocycles. The minimum Gasteiger partial charge on any atom is -0.334 e. The smallest absolute Gasteiger partial charge is 0.260 e. The molecule has 0 radical (unpaired) electrons. The molecule has 0 saturated heterocycles. The van der Waals surface area contributed by atoms with Gasteiger partial charge in [-0.3, -0.25) is 4.99 Å². The maximum absolute atomic E-state index is 5.64. The third-order valence-electron chi connectivity index (χ3n) is 5.32. The third kappa shape index (κ3) is 2.17. The highest BCUT2D eigenvalue weighted by molar-refractivity contribution is 6.11. The summed E-state index contributed by atoms with van der Waals surface area (Å²) in [7, 11) is 0.